The Morgan fingerprint density at radius 2 is 2.36 bits per heavy atom. The lowest BCUT2D eigenvalue weighted by molar-refractivity contribution is 0.0745. The van der Waals surface area contributed by atoms with E-state index in [-0.39, 0.29) is 13.4 Å². The maximum absolute atomic E-state index is 10.9. The minimum absolute atomic E-state index is 0.173. The van der Waals surface area contributed by atoms with Crippen LogP contribution in [0.1, 0.15) is 0 Å². The number of nitrogens with zero attached hydrogens (tertiary/aromatic N) is 1. The summed E-state index contributed by atoms with van der Waals surface area (Å²) in [5, 5.41) is 4.49. The summed E-state index contributed by atoms with van der Waals surface area (Å²) < 4.78 is 4.70. The molecule has 1 aliphatic rings. The zero-order valence-corrected chi connectivity index (χ0v) is 6.09. The SMILES string of the molecule is COCN1CNC(=O)NC1=O. The van der Waals surface area contributed by atoms with E-state index in [0.29, 0.717) is 0 Å². The van der Waals surface area contributed by atoms with Crippen molar-refractivity contribution in [1.29, 1.82) is 0 Å². The van der Waals surface area contributed by atoms with Crippen molar-refractivity contribution < 1.29 is 14.3 Å². The monoisotopic (exact) mass is 159 g/mol. The highest BCUT2D eigenvalue weighted by molar-refractivity contribution is 5.95. The summed E-state index contributed by atoms with van der Waals surface area (Å²) in [6.07, 6.45) is 0. The number of nitrogens with one attached hydrogen (secondary N) is 2. The maximum atomic E-state index is 10.9. The molecule has 0 aromatic rings. The molecule has 0 aliphatic carbocycles. The number of urea groups is 2. The second-order valence-corrected chi connectivity index (χ2v) is 2.05. The van der Waals surface area contributed by atoms with Crippen molar-refractivity contribution in [1.82, 2.24) is 15.5 Å². The first kappa shape index (κ1) is 7.80. The average molecular weight is 159 g/mol. The van der Waals surface area contributed by atoms with E-state index in [0.717, 1.165) is 0 Å². The number of methoxy groups -OCH3 is 1. The van der Waals surface area contributed by atoms with Crippen molar-refractivity contribution in [2.75, 3.05) is 20.5 Å². The standard InChI is InChI=1S/C5H9N3O3/c1-11-3-8-2-6-4(9)7-5(8)10/h2-3H2,1H3,(H2,6,7,9,10). The van der Waals surface area contributed by atoms with Gasteiger partial charge in [-0.2, -0.15) is 0 Å². The van der Waals surface area contributed by atoms with Crippen LogP contribution in [-0.2, 0) is 4.74 Å². The highest BCUT2D eigenvalue weighted by Gasteiger charge is 2.21. The van der Waals surface area contributed by atoms with Crippen molar-refractivity contribution in [3.63, 3.8) is 0 Å². The number of hydrogen-bond acceptors (Lipinski definition) is 3. The minimum atomic E-state index is -0.470. The zero-order chi connectivity index (χ0) is 8.27. The molecule has 4 amide bonds. The number of ether oxygens (including phenoxy) is 1. The Labute approximate surface area is 63.5 Å². The molecule has 1 rings (SSSR count). The third-order valence-electron chi connectivity index (χ3n) is 1.22. The van der Waals surface area contributed by atoms with Crippen molar-refractivity contribution in [2.45, 2.75) is 0 Å². The van der Waals surface area contributed by atoms with E-state index in [4.69, 9.17) is 4.74 Å². The van der Waals surface area contributed by atoms with Gasteiger partial charge < -0.3 is 10.1 Å². The lowest BCUT2D eigenvalue weighted by atomic mass is 10.6. The molecule has 0 atom stereocenters. The number of carbonyl (C=O) groups excluding carboxylic acids is 2. The molecule has 0 bridgehead atoms. The number of imide groups is 1. The van der Waals surface area contributed by atoms with E-state index >= 15 is 0 Å². The molecule has 1 saturated heterocycles. The van der Waals surface area contributed by atoms with Gasteiger partial charge in [0, 0.05) is 7.11 Å². The first-order chi connectivity index (χ1) is 5.24. The van der Waals surface area contributed by atoms with Gasteiger partial charge in [-0.25, -0.2) is 9.59 Å². The normalized spacial score (nSPS) is 17.7. The molecule has 6 heteroatoms. The van der Waals surface area contributed by atoms with Crippen molar-refractivity contribution >= 4 is 12.1 Å². The van der Waals surface area contributed by atoms with Crippen LogP contribution in [0.2, 0.25) is 0 Å². The molecule has 11 heavy (non-hydrogen) atoms. The van der Waals surface area contributed by atoms with E-state index < -0.39 is 12.1 Å². The largest absolute Gasteiger partial charge is 0.364 e. The van der Waals surface area contributed by atoms with Crippen molar-refractivity contribution in [3.8, 4) is 0 Å². The molecule has 0 aromatic heterocycles. The quantitative estimate of drug-likeness (QED) is 0.558. The summed E-state index contributed by atoms with van der Waals surface area (Å²) >= 11 is 0. The summed E-state index contributed by atoms with van der Waals surface area (Å²) in [7, 11) is 1.48. The molecule has 0 saturated carbocycles. The Kier molecular flexibility index (Phi) is 2.27. The average Bonchev–Trinajstić information content (AvgIpc) is 1.95. The highest BCUT2D eigenvalue weighted by Crippen LogP contribution is 1.91. The predicted octanol–water partition coefficient (Wildman–Crippen LogP) is -0.717. The molecular formula is C5H9N3O3. The molecule has 0 aromatic carbocycles. The van der Waals surface area contributed by atoms with Gasteiger partial charge in [0.05, 0.1) is 6.67 Å². The number of rotatable bonds is 2. The van der Waals surface area contributed by atoms with E-state index in [1.165, 1.54) is 12.0 Å². The van der Waals surface area contributed by atoms with Crippen molar-refractivity contribution in [2.24, 2.45) is 0 Å². The third-order valence-corrected chi connectivity index (χ3v) is 1.22. The van der Waals surface area contributed by atoms with Crippen LogP contribution in [-0.4, -0.2) is 37.5 Å². The summed E-state index contributed by atoms with van der Waals surface area (Å²) in [5.74, 6) is 0. The van der Waals surface area contributed by atoms with Crippen LogP contribution in [0.5, 0.6) is 0 Å². The number of carbonyl (C=O) groups is 2. The minimum Gasteiger partial charge on any atom is -0.364 e. The van der Waals surface area contributed by atoms with Crippen LogP contribution in [0.25, 0.3) is 0 Å². The molecule has 0 spiro atoms. The summed E-state index contributed by atoms with van der Waals surface area (Å²) in [5.41, 5.74) is 0. The Morgan fingerprint density at radius 1 is 1.64 bits per heavy atom. The Bertz CT molecular complexity index is 182. The first-order valence-electron chi connectivity index (χ1n) is 3.06. The van der Waals surface area contributed by atoms with Gasteiger partial charge in [-0.1, -0.05) is 0 Å². The Balaban J connectivity index is 2.44. The van der Waals surface area contributed by atoms with Gasteiger partial charge in [0.15, 0.2) is 0 Å². The van der Waals surface area contributed by atoms with Gasteiger partial charge in [-0.15, -0.1) is 0 Å². The van der Waals surface area contributed by atoms with Crippen LogP contribution in [0.4, 0.5) is 9.59 Å². The molecule has 2 N–H and O–H groups in total. The van der Waals surface area contributed by atoms with Crippen LogP contribution in [0.3, 0.4) is 0 Å². The lowest BCUT2D eigenvalue weighted by Crippen LogP contribution is -2.57. The second kappa shape index (κ2) is 3.20. The Morgan fingerprint density at radius 3 is 2.91 bits per heavy atom. The second-order valence-electron chi connectivity index (χ2n) is 2.05. The number of hydrogen-bond donors (Lipinski definition) is 2. The van der Waals surface area contributed by atoms with Gasteiger partial charge in [0.25, 0.3) is 0 Å². The summed E-state index contributed by atoms with van der Waals surface area (Å²) in [6, 6.07) is -0.905. The highest BCUT2D eigenvalue weighted by atomic mass is 16.5. The Hall–Kier alpha value is -1.30. The fourth-order valence-electron chi connectivity index (χ4n) is 0.720. The van der Waals surface area contributed by atoms with E-state index in [1.54, 1.807) is 0 Å². The third kappa shape index (κ3) is 1.81. The molecular weight excluding hydrogens is 150 g/mol. The smallest absolute Gasteiger partial charge is 0.328 e. The van der Waals surface area contributed by atoms with E-state index in [1.807, 2.05) is 0 Å². The topological polar surface area (TPSA) is 70.7 Å². The fourth-order valence-corrected chi connectivity index (χ4v) is 0.720. The van der Waals surface area contributed by atoms with Gasteiger partial charge in [-0.3, -0.25) is 10.2 Å². The van der Waals surface area contributed by atoms with Crippen LogP contribution >= 0.6 is 0 Å². The molecule has 1 aliphatic heterocycles. The van der Waals surface area contributed by atoms with Gasteiger partial charge in [-0.05, 0) is 0 Å². The zero-order valence-electron chi connectivity index (χ0n) is 6.09. The van der Waals surface area contributed by atoms with Crippen LogP contribution in [0.15, 0.2) is 0 Å². The fraction of sp³-hybridized carbons (Fsp3) is 0.600. The van der Waals surface area contributed by atoms with Gasteiger partial charge in [0.1, 0.15) is 6.73 Å². The predicted molar refractivity (Wildman–Crippen MR) is 35.6 cm³/mol. The van der Waals surface area contributed by atoms with Crippen LogP contribution in [0, 0.1) is 0 Å². The van der Waals surface area contributed by atoms with E-state index in [9.17, 15) is 9.59 Å². The molecule has 0 unspecified atom stereocenters. The molecule has 62 valence electrons. The molecule has 6 nitrogen and oxygen atoms in total. The van der Waals surface area contributed by atoms with Crippen molar-refractivity contribution in [3.05, 3.63) is 0 Å². The van der Waals surface area contributed by atoms with Gasteiger partial charge >= 0.3 is 12.1 Å². The lowest BCUT2D eigenvalue weighted by Gasteiger charge is -2.26. The molecule has 1 heterocycles. The van der Waals surface area contributed by atoms with Crippen LogP contribution < -0.4 is 10.6 Å². The van der Waals surface area contributed by atoms with Gasteiger partial charge in [0.2, 0.25) is 0 Å². The number of amides is 4. The molecule has 1 fully saturated rings. The van der Waals surface area contributed by atoms with E-state index in [2.05, 4.69) is 10.6 Å². The first-order valence-corrected chi connectivity index (χ1v) is 3.06. The summed E-state index contributed by atoms with van der Waals surface area (Å²) in [4.78, 5) is 22.7. The molecule has 0 radical (unpaired) electrons. The maximum Gasteiger partial charge on any atom is 0.328 e. The summed E-state index contributed by atoms with van der Waals surface area (Å²) in [6.45, 7) is 0.366.